The van der Waals surface area contributed by atoms with Gasteiger partial charge in [-0.3, -0.25) is 0 Å². The molecule has 0 unspecified atom stereocenters. The Kier molecular flexibility index (Phi) is 5.83. The maximum absolute atomic E-state index is 5.95. The average molecular weight is 248 g/mol. The Labute approximate surface area is 112 Å². The molecule has 0 aromatic heterocycles. The zero-order chi connectivity index (χ0) is 13.6. The Balaban J connectivity index is 2.23. The van der Waals surface area contributed by atoms with Gasteiger partial charge in [0.25, 0.3) is 0 Å². The molecular weight excluding hydrogens is 220 g/mol. The molecule has 0 saturated carbocycles. The third kappa shape index (κ3) is 6.18. The fourth-order valence-electron chi connectivity index (χ4n) is 1.92. The zero-order valence-electron chi connectivity index (χ0n) is 12.3. The van der Waals surface area contributed by atoms with Crippen LogP contribution in [0, 0.1) is 0 Å². The van der Waals surface area contributed by atoms with Gasteiger partial charge in [-0.15, -0.1) is 0 Å². The predicted molar refractivity (Wildman–Crippen MR) is 79.7 cm³/mol. The molecule has 2 heteroatoms. The highest BCUT2D eigenvalue weighted by Crippen LogP contribution is 2.14. The van der Waals surface area contributed by atoms with Crippen molar-refractivity contribution in [3.05, 3.63) is 35.4 Å². The van der Waals surface area contributed by atoms with E-state index in [-0.39, 0.29) is 5.54 Å². The smallest absolute Gasteiger partial charge is 0.0205 e. The SMILES string of the molecule is CC(C)c1ccc(CNCCCC(C)(C)N)cc1. The van der Waals surface area contributed by atoms with Gasteiger partial charge in [0.05, 0.1) is 0 Å². The largest absolute Gasteiger partial charge is 0.326 e. The van der Waals surface area contributed by atoms with Crippen LogP contribution in [0.25, 0.3) is 0 Å². The summed E-state index contributed by atoms with van der Waals surface area (Å²) in [4.78, 5) is 0. The summed E-state index contributed by atoms with van der Waals surface area (Å²) in [5.41, 5.74) is 8.66. The minimum absolute atomic E-state index is 0.0411. The minimum atomic E-state index is -0.0411. The summed E-state index contributed by atoms with van der Waals surface area (Å²) in [6.07, 6.45) is 2.19. The van der Waals surface area contributed by atoms with Crippen molar-refractivity contribution >= 4 is 0 Å². The van der Waals surface area contributed by atoms with E-state index in [9.17, 15) is 0 Å². The van der Waals surface area contributed by atoms with Gasteiger partial charge in [-0.05, 0) is 50.3 Å². The summed E-state index contributed by atoms with van der Waals surface area (Å²) in [6, 6.07) is 8.89. The molecule has 0 heterocycles. The van der Waals surface area contributed by atoms with Crippen molar-refractivity contribution in [3.8, 4) is 0 Å². The fraction of sp³-hybridized carbons (Fsp3) is 0.625. The summed E-state index contributed by atoms with van der Waals surface area (Å²) < 4.78 is 0. The van der Waals surface area contributed by atoms with Crippen molar-refractivity contribution in [2.45, 2.75) is 58.5 Å². The first-order valence-electron chi connectivity index (χ1n) is 6.97. The van der Waals surface area contributed by atoms with Crippen LogP contribution in [0.5, 0.6) is 0 Å². The standard InChI is InChI=1S/C16H28N2/c1-13(2)15-8-6-14(7-9-15)12-18-11-5-10-16(3,4)17/h6-9,13,18H,5,10-12,17H2,1-4H3. The number of rotatable bonds is 7. The molecule has 0 amide bonds. The molecule has 0 fully saturated rings. The Morgan fingerprint density at radius 1 is 1.17 bits per heavy atom. The van der Waals surface area contributed by atoms with Crippen LogP contribution in [0.4, 0.5) is 0 Å². The van der Waals surface area contributed by atoms with Crippen LogP contribution in [0.1, 0.15) is 57.6 Å². The summed E-state index contributed by atoms with van der Waals surface area (Å²) in [6.45, 7) is 10.6. The van der Waals surface area contributed by atoms with E-state index >= 15 is 0 Å². The van der Waals surface area contributed by atoms with Crippen molar-refractivity contribution < 1.29 is 0 Å². The number of nitrogens with one attached hydrogen (secondary N) is 1. The van der Waals surface area contributed by atoms with Gasteiger partial charge >= 0.3 is 0 Å². The third-order valence-electron chi connectivity index (χ3n) is 3.15. The topological polar surface area (TPSA) is 38.0 Å². The first-order valence-corrected chi connectivity index (χ1v) is 6.97. The Hall–Kier alpha value is -0.860. The number of benzene rings is 1. The number of hydrogen-bond acceptors (Lipinski definition) is 2. The molecule has 0 atom stereocenters. The third-order valence-corrected chi connectivity index (χ3v) is 3.15. The summed E-state index contributed by atoms with van der Waals surface area (Å²) >= 11 is 0. The Bertz CT molecular complexity index is 333. The molecule has 0 bridgehead atoms. The van der Waals surface area contributed by atoms with E-state index < -0.39 is 0 Å². The molecule has 2 nitrogen and oxygen atoms in total. The molecule has 1 aromatic carbocycles. The summed E-state index contributed by atoms with van der Waals surface area (Å²) in [5.74, 6) is 0.610. The molecule has 1 aromatic rings. The van der Waals surface area contributed by atoms with Gasteiger partial charge in [0.1, 0.15) is 0 Å². The molecule has 0 saturated heterocycles. The van der Waals surface area contributed by atoms with Crippen molar-refractivity contribution in [1.82, 2.24) is 5.32 Å². The van der Waals surface area contributed by atoms with Crippen LogP contribution in [0.15, 0.2) is 24.3 Å². The number of hydrogen-bond donors (Lipinski definition) is 2. The lowest BCUT2D eigenvalue weighted by Gasteiger charge is -2.18. The molecule has 3 N–H and O–H groups in total. The number of nitrogens with two attached hydrogens (primary N) is 1. The fourth-order valence-corrected chi connectivity index (χ4v) is 1.92. The van der Waals surface area contributed by atoms with Crippen molar-refractivity contribution in [1.29, 1.82) is 0 Å². The molecule has 102 valence electrons. The normalized spacial score (nSPS) is 12.1. The van der Waals surface area contributed by atoms with Gasteiger partial charge in [-0.2, -0.15) is 0 Å². The first-order chi connectivity index (χ1) is 8.38. The lowest BCUT2D eigenvalue weighted by atomic mass is 10.00. The van der Waals surface area contributed by atoms with E-state index in [1.54, 1.807) is 0 Å². The molecule has 0 spiro atoms. The maximum atomic E-state index is 5.95. The van der Waals surface area contributed by atoms with Crippen molar-refractivity contribution in [2.24, 2.45) is 5.73 Å². The van der Waals surface area contributed by atoms with E-state index in [1.165, 1.54) is 11.1 Å². The van der Waals surface area contributed by atoms with Gasteiger partial charge in [-0.25, -0.2) is 0 Å². The van der Waals surface area contributed by atoms with Crippen LogP contribution in [-0.4, -0.2) is 12.1 Å². The van der Waals surface area contributed by atoms with Gasteiger partial charge in [0, 0.05) is 12.1 Å². The van der Waals surface area contributed by atoms with E-state index in [0.717, 1.165) is 25.9 Å². The molecule has 0 aliphatic rings. The van der Waals surface area contributed by atoms with Crippen LogP contribution in [0.3, 0.4) is 0 Å². The first kappa shape index (κ1) is 15.2. The zero-order valence-corrected chi connectivity index (χ0v) is 12.3. The highest BCUT2D eigenvalue weighted by molar-refractivity contribution is 5.24. The average Bonchev–Trinajstić information content (AvgIpc) is 2.27. The Morgan fingerprint density at radius 2 is 1.78 bits per heavy atom. The quantitative estimate of drug-likeness (QED) is 0.726. The molecule has 18 heavy (non-hydrogen) atoms. The highest BCUT2D eigenvalue weighted by Gasteiger charge is 2.08. The van der Waals surface area contributed by atoms with E-state index in [1.807, 2.05) is 0 Å². The van der Waals surface area contributed by atoms with Gasteiger partial charge in [0.15, 0.2) is 0 Å². The van der Waals surface area contributed by atoms with Gasteiger partial charge < -0.3 is 11.1 Å². The van der Waals surface area contributed by atoms with E-state index in [2.05, 4.69) is 57.3 Å². The molecule has 1 rings (SSSR count). The second-order valence-corrected chi connectivity index (χ2v) is 6.17. The molecule has 0 aliphatic carbocycles. The molecule has 0 radical (unpaired) electrons. The van der Waals surface area contributed by atoms with E-state index in [0.29, 0.717) is 5.92 Å². The van der Waals surface area contributed by atoms with Crippen molar-refractivity contribution in [2.75, 3.05) is 6.54 Å². The second-order valence-electron chi connectivity index (χ2n) is 6.17. The molecular formula is C16H28N2. The van der Waals surface area contributed by atoms with E-state index in [4.69, 9.17) is 5.73 Å². The monoisotopic (exact) mass is 248 g/mol. The Morgan fingerprint density at radius 3 is 2.28 bits per heavy atom. The second kappa shape index (κ2) is 6.91. The predicted octanol–water partition coefficient (Wildman–Crippen LogP) is 3.42. The lowest BCUT2D eigenvalue weighted by Crippen LogP contribution is -2.32. The van der Waals surface area contributed by atoms with Gasteiger partial charge in [0.2, 0.25) is 0 Å². The summed E-state index contributed by atoms with van der Waals surface area (Å²) in [7, 11) is 0. The van der Waals surface area contributed by atoms with Crippen LogP contribution in [0.2, 0.25) is 0 Å². The highest BCUT2D eigenvalue weighted by atomic mass is 14.8. The molecule has 0 aliphatic heterocycles. The van der Waals surface area contributed by atoms with Crippen LogP contribution < -0.4 is 11.1 Å². The van der Waals surface area contributed by atoms with Crippen molar-refractivity contribution in [3.63, 3.8) is 0 Å². The summed E-state index contributed by atoms with van der Waals surface area (Å²) in [5, 5.41) is 3.47. The van der Waals surface area contributed by atoms with Crippen LogP contribution in [-0.2, 0) is 6.54 Å². The maximum Gasteiger partial charge on any atom is 0.0205 e. The van der Waals surface area contributed by atoms with Gasteiger partial charge in [-0.1, -0.05) is 38.1 Å². The minimum Gasteiger partial charge on any atom is -0.326 e. The lowest BCUT2D eigenvalue weighted by molar-refractivity contribution is 0.448. The van der Waals surface area contributed by atoms with Crippen LogP contribution >= 0.6 is 0 Å².